The maximum absolute atomic E-state index is 13.2. The zero-order valence-electron chi connectivity index (χ0n) is 16.5. The van der Waals surface area contributed by atoms with E-state index in [1.165, 1.54) is 12.1 Å². The maximum Gasteiger partial charge on any atom is 0.278 e. The van der Waals surface area contributed by atoms with Crippen molar-refractivity contribution in [3.8, 4) is 17.2 Å². The van der Waals surface area contributed by atoms with E-state index >= 15 is 0 Å². The van der Waals surface area contributed by atoms with E-state index in [1.807, 2.05) is 0 Å². The van der Waals surface area contributed by atoms with Crippen LogP contribution in [0.3, 0.4) is 0 Å². The number of H-pyrrole nitrogens is 1. The van der Waals surface area contributed by atoms with Gasteiger partial charge < -0.3 is 16.0 Å². The van der Waals surface area contributed by atoms with Gasteiger partial charge in [-0.15, -0.1) is 0 Å². The molecule has 1 aliphatic carbocycles. The van der Waals surface area contributed by atoms with Gasteiger partial charge in [-0.05, 0) is 30.0 Å². The van der Waals surface area contributed by atoms with Gasteiger partial charge in [0.1, 0.15) is 6.04 Å². The first kappa shape index (κ1) is 21.7. The smallest absolute Gasteiger partial charge is 0.278 e. The summed E-state index contributed by atoms with van der Waals surface area (Å²) in [5.74, 6) is -0.305. The van der Waals surface area contributed by atoms with Crippen molar-refractivity contribution < 1.29 is 13.6 Å². The Balaban J connectivity index is 1.71. The molecule has 0 aliphatic heterocycles. The zero-order chi connectivity index (χ0) is 21.7. The van der Waals surface area contributed by atoms with Crippen LogP contribution in [0.25, 0.3) is 11.1 Å². The summed E-state index contributed by atoms with van der Waals surface area (Å²) in [5, 5.41) is 12.2. The number of pyridine rings is 1. The molecule has 6 nitrogen and oxygen atoms in total. The van der Waals surface area contributed by atoms with Crippen molar-refractivity contribution in [2.45, 2.75) is 56.5 Å². The van der Waals surface area contributed by atoms with Crippen LogP contribution in [0.15, 0.2) is 41.2 Å². The largest absolute Gasteiger partial charge is 0.338 e. The van der Waals surface area contributed by atoms with Gasteiger partial charge >= 0.3 is 0 Å². The molecule has 1 aliphatic rings. The van der Waals surface area contributed by atoms with Crippen molar-refractivity contribution in [1.29, 1.82) is 5.26 Å². The van der Waals surface area contributed by atoms with E-state index in [2.05, 4.69) is 16.4 Å². The number of aromatic nitrogens is 1. The van der Waals surface area contributed by atoms with Crippen LogP contribution in [0.5, 0.6) is 0 Å². The fourth-order valence-corrected chi connectivity index (χ4v) is 3.81. The molecule has 1 heterocycles. The molecule has 1 amide bonds. The summed E-state index contributed by atoms with van der Waals surface area (Å²) in [6.07, 6.45) is 1.53. The molecule has 1 aromatic heterocycles. The van der Waals surface area contributed by atoms with Crippen LogP contribution in [0, 0.1) is 11.3 Å². The number of benzene rings is 1. The normalized spacial score (nSPS) is 16.6. The first-order chi connectivity index (χ1) is 14.3. The Kier molecular flexibility index (Phi) is 6.63. The number of carbonyl (C=O) groups is 1. The third-order valence-electron chi connectivity index (χ3n) is 5.53. The van der Waals surface area contributed by atoms with Gasteiger partial charge in [-0.2, -0.15) is 5.26 Å². The summed E-state index contributed by atoms with van der Waals surface area (Å²) in [7, 11) is 0. The molecule has 1 saturated carbocycles. The summed E-state index contributed by atoms with van der Waals surface area (Å²) in [6.45, 7) is 0. The Morgan fingerprint density at radius 3 is 2.43 bits per heavy atom. The number of hydrogen-bond acceptors (Lipinski definition) is 4. The number of nitriles is 1. The predicted molar refractivity (Wildman–Crippen MR) is 109 cm³/mol. The lowest BCUT2D eigenvalue weighted by Gasteiger charge is -2.32. The Bertz CT molecular complexity index is 989. The van der Waals surface area contributed by atoms with Crippen molar-refractivity contribution in [1.82, 2.24) is 10.3 Å². The number of nitrogens with two attached hydrogens (primary N) is 1. The summed E-state index contributed by atoms with van der Waals surface area (Å²) in [6, 6.07) is 10.6. The van der Waals surface area contributed by atoms with Crippen LogP contribution < -0.4 is 16.6 Å². The minimum absolute atomic E-state index is 0.239. The van der Waals surface area contributed by atoms with Crippen molar-refractivity contribution in [2.75, 3.05) is 0 Å². The Morgan fingerprint density at radius 1 is 1.17 bits per heavy atom. The van der Waals surface area contributed by atoms with E-state index in [9.17, 15) is 23.6 Å². The van der Waals surface area contributed by atoms with Crippen LogP contribution >= 0.6 is 0 Å². The molecule has 0 radical (unpaired) electrons. The van der Waals surface area contributed by atoms with Gasteiger partial charge in [0.05, 0.1) is 17.3 Å². The minimum atomic E-state index is -2.81. The Labute approximate surface area is 173 Å². The van der Waals surface area contributed by atoms with Gasteiger partial charge in [0.25, 0.3) is 6.43 Å². The van der Waals surface area contributed by atoms with Crippen LogP contribution in [0.1, 0.15) is 49.8 Å². The number of carbonyl (C=O) groups excluding carboxylic acids is 1. The van der Waals surface area contributed by atoms with Gasteiger partial charge in [-0.1, -0.05) is 43.5 Å². The number of hydrogen-bond donors (Lipinski definition) is 3. The molecule has 1 aromatic carbocycles. The van der Waals surface area contributed by atoms with Crippen molar-refractivity contribution in [3.63, 3.8) is 0 Å². The molecule has 1 fully saturated rings. The van der Waals surface area contributed by atoms with E-state index in [0.717, 1.165) is 24.8 Å². The highest BCUT2D eigenvalue weighted by atomic mass is 19.3. The standard InChI is InChI=1S/C22H24F2N4O2/c23-20(24)19-17(8-9-18(29)28-19)15-6-4-14(5-7-15)12-16(13-25)27-21(30)22(26)10-2-1-3-11-22/h4-9,16,20H,1-3,10-12,26H2,(H,27,30)(H,28,29)/t16-/m0/s1. The van der Waals surface area contributed by atoms with Crippen molar-refractivity contribution in [3.05, 3.63) is 58.0 Å². The Morgan fingerprint density at radius 2 is 1.83 bits per heavy atom. The topological polar surface area (TPSA) is 112 Å². The summed E-state index contributed by atoms with van der Waals surface area (Å²) in [4.78, 5) is 26.1. The van der Waals surface area contributed by atoms with Gasteiger partial charge in [-0.3, -0.25) is 9.59 Å². The monoisotopic (exact) mass is 414 g/mol. The van der Waals surface area contributed by atoms with E-state index in [1.54, 1.807) is 24.3 Å². The van der Waals surface area contributed by atoms with Crippen molar-refractivity contribution in [2.24, 2.45) is 5.73 Å². The molecular weight excluding hydrogens is 390 g/mol. The fourth-order valence-electron chi connectivity index (χ4n) is 3.81. The average Bonchev–Trinajstić information content (AvgIpc) is 2.74. The summed E-state index contributed by atoms with van der Waals surface area (Å²) in [5.41, 5.74) is 5.81. The second-order valence-corrected chi connectivity index (χ2v) is 7.72. The van der Waals surface area contributed by atoms with Crippen LogP contribution in [0.4, 0.5) is 8.78 Å². The Hall–Kier alpha value is -3.05. The number of amides is 1. The second kappa shape index (κ2) is 9.18. The molecule has 158 valence electrons. The maximum atomic E-state index is 13.2. The van der Waals surface area contributed by atoms with Crippen LogP contribution in [-0.2, 0) is 11.2 Å². The molecule has 3 rings (SSSR count). The predicted octanol–water partition coefficient (Wildman–Crippen LogP) is 3.19. The molecule has 1 atom stereocenters. The fraction of sp³-hybridized carbons (Fsp3) is 0.409. The molecule has 0 bridgehead atoms. The molecule has 2 aromatic rings. The summed E-state index contributed by atoms with van der Waals surface area (Å²) < 4.78 is 26.5. The van der Waals surface area contributed by atoms with E-state index in [0.29, 0.717) is 18.4 Å². The first-order valence-electron chi connectivity index (χ1n) is 9.92. The number of nitrogens with one attached hydrogen (secondary N) is 2. The zero-order valence-corrected chi connectivity index (χ0v) is 16.5. The highest BCUT2D eigenvalue weighted by Gasteiger charge is 2.36. The quantitative estimate of drug-likeness (QED) is 0.674. The van der Waals surface area contributed by atoms with E-state index in [-0.39, 0.29) is 17.9 Å². The van der Waals surface area contributed by atoms with Crippen molar-refractivity contribution >= 4 is 5.91 Å². The molecule has 8 heteroatoms. The third-order valence-corrected chi connectivity index (χ3v) is 5.53. The third kappa shape index (κ3) is 4.92. The second-order valence-electron chi connectivity index (χ2n) is 7.72. The molecule has 0 saturated heterocycles. The van der Waals surface area contributed by atoms with Gasteiger partial charge in [0.15, 0.2) is 0 Å². The van der Waals surface area contributed by atoms with Gasteiger partial charge in [0.2, 0.25) is 11.5 Å². The molecule has 0 spiro atoms. The van der Waals surface area contributed by atoms with E-state index < -0.39 is 29.3 Å². The lowest BCUT2D eigenvalue weighted by molar-refractivity contribution is -0.127. The van der Waals surface area contributed by atoms with Crippen LogP contribution in [-0.4, -0.2) is 22.5 Å². The number of alkyl halides is 2. The van der Waals surface area contributed by atoms with Gasteiger partial charge in [0, 0.05) is 18.1 Å². The first-order valence-corrected chi connectivity index (χ1v) is 9.92. The number of halogens is 2. The molecular formula is C22H24F2N4O2. The lowest BCUT2D eigenvalue weighted by atomic mass is 9.81. The number of aromatic amines is 1. The SMILES string of the molecule is N#C[C@H](Cc1ccc(-c2ccc(=O)[nH]c2C(F)F)cc1)NC(=O)C1(N)CCCCC1. The summed E-state index contributed by atoms with van der Waals surface area (Å²) >= 11 is 0. The highest BCUT2D eigenvalue weighted by molar-refractivity contribution is 5.86. The van der Waals surface area contributed by atoms with Crippen LogP contribution in [0.2, 0.25) is 0 Å². The van der Waals surface area contributed by atoms with E-state index in [4.69, 9.17) is 5.73 Å². The minimum Gasteiger partial charge on any atom is -0.338 e. The number of nitrogens with zero attached hydrogens (tertiary/aromatic N) is 1. The number of rotatable bonds is 6. The molecule has 30 heavy (non-hydrogen) atoms. The average molecular weight is 414 g/mol. The van der Waals surface area contributed by atoms with Gasteiger partial charge in [-0.25, -0.2) is 8.78 Å². The molecule has 4 N–H and O–H groups in total. The lowest BCUT2D eigenvalue weighted by Crippen LogP contribution is -2.57. The molecule has 0 unspecified atom stereocenters. The highest BCUT2D eigenvalue weighted by Crippen LogP contribution is 2.29.